The van der Waals surface area contributed by atoms with E-state index in [-0.39, 0.29) is 31.2 Å². The van der Waals surface area contributed by atoms with E-state index in [2.05, 4.69) is 5.10 Å². The Labute approximate surface area is 207 Å². The molecule has 1 saturated heterocycles. The maximum Gasteiger partial charge on any atom is 0.352 e. The quantitative estimate of drug-likeness (QED) is 0.551. The van der Waals surface area contributed by atoms with Crippen molar-refractivity contribution in [2.24, 2.45) is 0 Å². The lowest BCUT2D eigenvalue weighted by Gasteiger charge is -2.33. The van der Waals surface area contributed by atoms with Gasteiger partial charge in [-0.25, -0.2) is 4.79 Å². The van der Waals surface area contributed by atoms with Crippen LogP contribution in [0.1, 0.15) is 34.1 Å². The molecular weight excluding hydrogens is 470 g/mol. The minimum Gasteiger partial charge on any atom is -0.339 e. The highest BCUT2D eigenvalue weighted by atomic mass is 35.5. The molecular formula is C25H26ClN5O4. The van der Waals surface area contributed by atoms with Gasteiger partial charge in [-0.3, -0.25) is 19.0 Å². The van der Waals surface area contributed by atoms with Crippen molar-refractivity contribution in [2.75, 3.05) is 26.2 Å². The van der Waals surface area contributed by atoms with Gasteiger partial charge in [-0.1, -0.05) is 29.8 Å². The second-order valence-corrected chi connectivity index (χ2v) is 9.14. The van der Waals surface area contributed by atoms with Crippen LogP contribution in [0.3, 0.4) is 0 Å². The van der Waals surface area contributed by atoms with Crippen molar-refractivity contribution < 1.29 is 9.59 Å². The van der Waals surface area contributed by atoms with Gasteiger partial charge in [-0.2, -0.15) is 9.78 Å². The third kappa shape index (κ3) is 5.19. The van der Waals surface area contributed by atoms with Crippen LogP contribution in [0.4, 0.5) is 0 Å². The molecule has 1 aromatic heterocycles. The highest BCUT2D eigenvalue weighted by Crippen LogP contribution is 2.13. The number of hydrogen-bond acceptors (Lipinski definition) is 5. The molecule has 0 bridgehead atoms. The van der Waals surface area contributed by atoms with Crippen LogP contribution in [0.2, 0.25) is 5.02 Å². The Morgan fingerprint density at radius 1 is 0.943 bits per heavy atom. The Bertz CT molecular complexity index is 1400. The van der Waals surface area contributed by atoms with Gasteiger partial charge >= 0.3 is 5.69 Å². The number of halogens is 1. The number of aryl methyl sites for hydroxylation is 2. The second kappa shape index (κ2) is 9.87. The molecule has 35 heavy (non-hydrogen) atoms. The van der Waals surface area contributed by atoms with Crippen molar-refractivity contribution in [1.29, 1.82) is 0 Å². The molecule has 1 aliphatic heterocycles. The van der Waals surface area contributed by atoms with Crippen molar-refractivity contribution in [3.8, 4) is 5.69 Å². The predicted octanol–water partition coefficient (Wildman–Crippen LogP) is 2.02. The SMILES string of the molecule is CC(=O)N1CCN(C(=O)c2nn(-c3cc(C)cc(C)c3)c(=O)n(Cc3cccc(Cl)c3)c2=O)CC1. The van der Waals surface area contributed by atoms with Gasteiger partial charge in [0.2, 0.25) is 11.6 Å². The number of amides is 2. The summed E-state index contributed by atoms with van der Waals surface area (Å²) in [5, 5.41) is 4.72. The van der Waals surface area contributed by atoms with Crippen molar-refractivity contribution in [3.05, 3.63) is 90.7 Å². The number of hydrogen-bond donors (Lipinski definition) is 0. The third-order valence-corrected chi connectivity index (χ3v) is 6.19. The first-order valence-electron chi connectivity index (χ1n) is 11.3. The molecule has 0 aliphatic carbocycles. The number of benzene rings is 2. The highest BCUT2D eigenvalue weighted by molar-refractivity contribution is 6.30. The van der Waals surface area contributed by atoms with Crippen LogP contribution in [0.25, 0.3) is 5.69 Å². The van der Waals surface area contributed by atoms with Crippen LogP contribution in [0.5, 0.6) is 0 Å². The molecule has 1 fully saturated rings. The molecule has 2 heterocycles. The van der Waals surface area contributed by atoms with Gasteiger partial charge in [-0.05, 0) is 54.8 Å². The molecule has 1 aliphatic rings. The summed E-state index contributed by atoms with van der Waals surface area (Å²) in [5.41, 5.74) is 1.16. The van der Waals surface area contributed by atoms with E-state index in [1.54, 1.807) is 41.3 Å². The van der Waals surface area contributed by atoms with E-state index in [1.165, 1.54) is 11.8 Å². The van der Waals surface area contributed by atoms with Gasteiger partial charge in [0, 0.05) is 38.1 Å². The number of piperazine rings is 1. The van der Waals surface area contributed by atoms with E-state index < -0.39 is 17.2 Å². The first-order chi connectivity index (χ1) is 16.6. The molecule has 0 spiro atoms. The standard InChI is InChI=1S/C25H26ClN5O4/c1-16-11-17(2)13-21(12-16)31-25(35)30(15-19-5-4-6-20(26)14-19)24(34)22(27-31)23(33)29-9-7-28(8-10-29)18(3)32/h4-6,11-14H,7-10,15H2,1-3H3. The topological polar surface area (TPSA) is 97.5 Å². The summed E-state index contributed by atoms with van der Waals surface area (Å²) in [7, 11) is 0. The summed E-state index contributed by atoms with van der Waals surface area (Å²) in [6.07, 6.45) is 0. The molecule has 9 nitrogen and oxygen atoms in total. The van der Waals surface area contributed by atoms with Gasteiger partial charge in [0.05, 0.1) is 12.2 Å². The Kier molecular flexibility index (Phi) is 6.88. The molecule has 10 heteroatoms. The van der Waals surface area contributed by atoms with Crippen LogP contribution in [0, 0.1) is 13.8 Å². The maximum atomic E-state index is 13.4. The van der Waals surface area contributed by atoms with Crippen LogP contribution in [0.15, 0.2) is 52.1 Å². The Morgan fingerprint density at radius 2 is 1.57 bits per heavy atom. The largest absolute Gasteiger partial charge is 0.352 e. The zero-order valence-electron chi connectivity index (χ0n) is 19.8. The summed E-state index contributed by atoms with van der Waals surface area (Å²) < 4.78 is 2.11. The summed E-state index contributed by atoms with van der Waals surface area (Å²) >= 11 is 6.10. The zero-order valence-corrected chi connectivity index (χ0v) is 20.6. The number of rotatable bonds is 4. The minimum absolute atomic E-state index is 0.0655. The molecule has 0 unspecified atom stereocenters. The van der Waals surface area contributed by atoms with E-state index in [9.17, 15) is 19.2 Å². The fourth-order valence-corrected chi connectivity index (χ4v) is 4.43. The average Bonchev–Trinajstić information content (AvgIpc) is 2.81. The smallest absolute Gasteiger partial charge is 0.339 e. The van der Waals surface area contributed by atoms with Crippen molar-refractivity contribution in [1.82, 2.24) is 24.1 Å². The van der Waals surface area contributed by atoms with Gasteiger partial charge < -0.3 is 9.80 Å². The van der Waals surface area contributed by atoms with Gasteiger partial charge in [0.1, 0.15) is 0 Å². The van der Waals surface area contributed by atoms with Gasteiger partial charge in [0.15, 0.2) is 0 Å². The molecule has 2 aromatic carbocycles. The van der Waals surface area contributed by atoms with E-state index in [1.807, 2.05) is 19.9 Å². The molecule has 4 rings (SSSR count). The molecule has 0 N–H and O–H groups in total. The van der Waals surface area contributed by atoms with E-state index >= 15 is 0 Å². The lowest BCUT2D eigenvalue weighted by Crippen LogP contribution is -2.52. The summed E-state index contributed by atoms with van der Waals surface area (Å²) in [6, 6.07) is 12.3. The number of carbonyl (C=O) groups is 2. The van der Waals surface area contributed by atoms with Crippen LogP contribution >= 0.6 is 11.6 Å². The van der Waals surface area contributed by atoms with Crippen LogP contribution in [-0.2, 0) is 11.3 Å². The fraction of sp³-hybridized carbons (Fsp3) is 0.320. The number of carbonyl (C=O) groups excluding carboxylic acids is 2. The first-order valence-corrected chi connectivity index (χ1v) is 11.6. The van der Waals surface area contributed by atoms with E-state index in [0.29, 0.717) is 29.4 Å². The molecule has 3 aromatic rings. The van der Waals surface area contributed by atoms with E-state index in [4.69, 9.17) is 11.6 Å². The molecule has 0 radical (unpaired) electrons. The van der Waals surface area contributed by atoms with Gasteiger partial charge in [-0.15, -0.1) is 0 Å². The normalized spacial score (nSPS) is 13.7. The Hall–Kier alpha value is -3.72. The number of aromatic nitrogens is 3. The lowest BCUT2D eigenvalue weighted by atomic mass is 10.1. The van der Waals surface area contributed by atoms with Crippen molar-refractivity contribution in [3.63, 3.8) is 0 Å². The molecule has 2 amide bonds. The average molecular weight is 496 g/mol. The van der Waals surface area contributed by atoms with E-state index in [0.717, 1.165) is 20.4 Å². The molecule has 0 atom stereocenters. The Balaban J connectivity index is 1.82. The lowest BCUT2D eigenvalue weighted by molar-refractivity contribution is -0.130. The zero-order chi connectivity index (χ0) is 25.3. The minimum atomic E-state index is -0.769. The summed E-state index contributed by atoms with van der Waals surface area (Å²) in [5.74, 6) is -0.640. The summed E-state index contributed by atoms with van der Waals surface area (Å²) in [6.45, 7) is 6.49. The number of nitrogens with zero attached hydrogens (tertiary/aromatic N) is 5. The predicted molar refractivity (Wildman–Crippen MR) is 132 cm³/mol. The van der Waals surface area contributed by atoms with Crippen LogP contribution < -0.4 is 11.2 Å². The van der Waals surface area contributed by atoms with Crippen molar-refractivity contribution in [2.45, 2.75) is 27.3 Å². The summed E-state index contributed by atoms with van der Waals surface area (Å²) in [4.78, 5) is 55.0. The fourth-order valence-electron chi connectivity index (χ4n) is 4.22. The monoisotopic (exact) mass is 495 g/mol. The van der Waals surface area contributed by atoms with Gasteiger partial charge in [0.25, 0.3) is 11.5 Å². The van der Waals surface area contributed by atoms with Crippen molar-refractivity contribution >= 4 is 23.4 Å². The third-order valence-electron chi connectivity index (χ3n) is 5.96. The highest BCUT2D eigenvalue weighted by Gasteiger charge is 2.28. The first kappa shape index (κ1) is 24.4. The molecule has 0 saturated carbocycles. The Morgan fingerprint density at radius 3 is 2.17 bits per heavy atom. The second-order valence-electron chi connectivity index (χ2n) is 8.71. The van der Waals surface area contributed by atoms with Crippen LogP contribution in [-0.4, -0.2) is 62.1 Å². The maximum absolute atomic E-state index is 13.4. The molecule has 182 valence electrons.